The maximum Gasteiger partial charge on any atom is 0.191 e. The van der Waals surface area contributed by atoms with Crippen molar-refractivity contribution < 1.29 is 4.74 Å². The Morgan fingerprint density at radius 1 is 1.30 bits per heavy atom. The van der Waals surface area contributed by atoms with Crippen LogP contribution in [-0.2, 0) is 12.8 Å². The van der Waals surface area contributed by atoms with Crippen LogP contribution in [-0.4, -0.2) is 41.5 Å². The molecule has 1 aromatic carbocycles. The van der Waals surface area contributed by atoms with Crippen molar-refractivity contribution in [2.24, 2.45) is 4.99 Å². The zero-order valence-corrected chi connectivity index (χ0v) is 20.6. The second kappa shape index (κ2) is 10.5. The minimum Gasteiger partial charge on any atom is -0.493 e. The Bertz CT molecular complexity index is 863. The Kier molecular flexibility index (Phi) is 8.02. The zero-order chi connectivity index (χ0) is 20.2. The molecule has 2 heterocycles. The number of rotatable bonds is 5. The molecule has 30 heavy (non-hydrogen) atoms. The first-order chi connectivity index (χ1) is 14.1. The number of aromatic nitrogens is 2. The highest BCUT2D eigenvalue weighted by molar-refractivity contribution is 14.0. The van der Waals surface area contributed by atoms with Crippen LogP contribution >= 0.6 is 24.0 Å². The van der Waals surface area contributed by atoms with E-state index >= 15 is 0 Å². The number of ether oxygens (including phenoxy) is 1. The standard InChI is InChI=1S/C23H33N5O.HI/c1-4-24-23(25-14-17-11-12-29-22-8-6-5-7-20(17)22)26-19-10-9-18-15-28(16(2)3)27-21(18)13-19;/h5-8,15-17,19H,4,9-14H2,1-3H3,(H2,24,25,26);1H. The summed E-state index contributed by atoms with van der Waals surface area (Å²) < 4.78 is 7.89. The number of fused-ring (bicyclic) bond motifs is 2. The number of aliphatic imine (C=N–C) groups is 1. The van der Waals surface area contributed by atoms with Crippen LogP contribution in [0.5, 0.6) is 5.75 Å². The lowest BCUT2D eigenvalue weighted by atomic mass is 9.93. The third-order valence-electron chi connectivity index (χ3n) is 5.86. The van der Waals surface area contributed by atoms with Gasteiger partial charge >= 0.3 is 0 Å². The monoisotopic (exact) mass is 523 g/mol. The molecule has 2 unspecified atom stereocenters. The second-order valence-corrected chi connectivity index (χ2v) is 8.35. The Morgan fingerprint density at radius 2 is 2.13 bits per heavy atom. The summed E-state index contributed by atoms with van der Waals surface area (Å²) in [4.78, 5) is 4.93. The van der Waals surface area contributed by atoms with Gasteiger partial charge in [-0.25, -0.2) is 0 Å². The largest absolute Gasteiger partial charge is 0.493 e. The van der Waals surface area contributed by atoms with Gasteiger partial charge in [0.25, 0.3) is 0 Å². The Labute approximate surface area is 196 Å². The van der Waals surface area contributed by atoms with Crippen molar-refractivity contribution in [3.8, 4) is 5.75 Å². The fourth-order valence-electron chi connectivity index (χ4n) is 4.22. The van der Waals surface area contributed by atoms with Crippen LogP contribution < -0.4 is 15.4 Å². The van der Waals surface area contributed by atoms with Gasteiger partial charge in [0.15, 0.2) is 5.96 Å². The highest BCUT2D eigenvalue weighted by Crippen LogP contribution is 2.33. The number of guanidine groups is 1. The molecule has 6 nitrogen and oxygen atoms in total. The number of benzene rings is 1. The first kappa shape index (κ1) is 22.9. The molecule has 164 valence electrons. The van der Waals surface area contributed by atoms with E-state index in [9.17, 15) is 0 Å². The molecule has 2 atom stereocenters. The summed E-state index contributed by atoms with van der Waals surface area (Å²) >= 11 is 0. The first-order valence-electron chi connectivity index (χ1n) is 11.0. The first-order valence-corrected chi connectivity index (χ1v) is 11.0. The van der Waals surface area contributed by atoms with Crippen LogP contribution in [0.3, 0.4) is 0 Å². The topological polar surface area (TPSA) is 63.5 Å². The molecule has 0 saturated carbocycles. The van der Waals surface area contributed by atoms with E-state index in [-0.39, 0.29) is 24.0 Å². The number of hydrogen-bond donors (Lipinski definition) is 2. The highest BCUT2D eigenvalue weighted by Gasteiger charge is 2.24. The molecule has 0 amide bonds. The lowest BCUT2D eigenvalue weighted by Crippen LogP contribution is -2.46. The van der Waals surface area contributed by atoms with Crippen molar-refractivity contribution in [1.29, 1.82) is 0 Å². The highest BCUT2D eigenvalue weighted by atomic mass is 127. The van der Waals surface area contributed by atoms with E-state index in [1.807, 2.05) is 6.07 Å². The average Bonchev–Trinajstić information content (AvgIpc) is 3.16. The minimum absolute atomic E-state index is 0. The van der Waals surface area contributed by atoms with E-state index in [0.29, 0.717) is 18.0 Å². The lowest BCUT2D eigenvalue weighted by molar-refractivity contribution is 0.269. The number of hydrogen-bond acceptors (Lipinski definition) is 3. The molecule has 0 radical (unpaired) electrons. The van der Waals surface area contributed by atoms with Crippen LogP contribution in [0.2, 0.25) is 0 Å². The predicted octanol–water partition coefficient (Wildman–Crippen LogP) is 4.06. The molecule has 2 aliphatic rings. The lowest BCUT2D eigenvalue weighted by Gasteiger charge is -2.26. The van der Waals surface area contributed by atoms with E-state index in [2.05, 4.69) is 60.5 Å². The normalized spacial score (nSPS) is 20.6. The van der Waals surface area contributed by atoms with Crippen molar-refractivity contribution in [2.75, 3.05) is 19.7 Å². The van der Waals surface area contributed by atoms with E-state index in [0.717, 1.165) is 57.1 Å². The third kappa shape index (κ3) is 5.28. The van der Waals surface area contributed by atoms with Gasteiger partial charge in [-0.05, 0) is 57.2 Å². The van der Waals surface area contributed by atoms with Gasteiger partial charge in [-0.15, -0.1) is 24.0 Å². The summed E-state index contributed by atoms with van der Waals surface area (Å²) in [5, 5.41) is 11.9. The van der Waals surface area contributed by atoms with Crippen molar-refractivity contribution in [2.45, 2.75) is 64.5 Å². The number of para-hydroxylation sites is 1. The van der Waals surface area contributed by atoms with Crippen LogP contribution in [0, 0.1) is 0 Å². The summed E-state index contributed by atoms with van der Waals surface area (Å²) in [7, 11) is 0. The number of nitrogens with zero attached hydrogens (tertiary/aromatic N) is 3. The van der Waals surface area contributed by atoms with E-state index < -0.39 is 0 Å². The SMILES string of the molecule is CCNC(=NCC1CCOc2ccccc21)NC1CCc2cn(C(C)C)nc2C1.I. The fourth-order valence-corrected chi connectivity index (χ4v) is 4.22. The molecule has 0 bridgehead atoms. The minimum atomic E-state index is 0. The van der Waals surface area contributed by atoms with Crippen molar-refractivity contribution in [3.05, 3.63) is 47.3 Å². The molecule has 0 saturated heterocycles. The molecular formula is C23H34IN5O. The molecule has 0 fully saturated rings. The van der Waals surface area contributed by atoms with E-state index in [1.54, 1.807) is 0 Å². The summed E-state index contributed by atoms with van der Waals surface area (Å²) in [6.07, 6.45) is 6.38. The van der Waals surface area contributed by atoms with Crippen molar-refractivity contribution >= 4 is 29.9 Å². The predicted molar refractivity (Wildman–Crippen MR) is 132 cm³/mol. The Balaban J connectivity index is 0.00000256. The summed E-state index contributed by atoms with van der Waals surface area (Å²) in [5.41, 5.74) is 3.91. The number of nitrogens with one attached hydrogen (secondary N) is 2. The van der Waals surface area contributed by atoms with Crippen molar-refractivity contribution in [1.82, 2.24) is 20.4 Å². The second-order valence-electron chi connectivity index (χ2n) is 8.35. The quantitative estimate of drug-likeness (QED) is 0.353. The average molecular weight is 523 g/mol. The van der Waals surface area contributed by atoms with Gasteiger partial charge in [-0.2, -0.15) is 5.10 Å². The number of aryl methyl sites for hydroxylation is 1. The molecule has 1 aliphatic carbocycles. The van der Waals surface area contributed by atoms with Gasteiger partial charge in [0.05, 0.1) is 12.3 Å². The van der Waals surface area contributed by atoms with Gasteiger partial charge < -0.3 is 15.4 Å². The molecule has 7 heteroatoms. The maximum atomic E-state index is 5.79. The maximum absolute atomic E-state index is 5.79. The molecular weight excluding hydrogens is 489 g/mol. The molecule has 1 aliphatic heterocycles. The van der Waals surface area contributed by atoms with Crippen LogP contribution in [0.25, 0.3) is 0 Å². The fraction of sp³-hybridized carbons (Fsp3) is 0.565. The smallest absolute Gasteiger partial charge is 0.191 e. The zero-order valence-electron chi connectivity index (χ0n) is 18.2. The molecule has 0 spiro atoms. The number of halogens is 1. The van der Waals surface area contributed by atoms with Gasteiger partial charge in [0.2, 0.25) is 0 Å². The Morgan fingerprint density at radius 3 is 2.93 bits per heavy atom. The third-order valence-corrected chi connectivity index (χ3v) is 5.86. The van der Waals surface area contributed by atoms with Gasteiger partial charge in [0, 0.05) is 43.7 Å². The van der Waals surface area contributed by atoms with Gasteiger partial charge in [0.1, 0.15) is 5.75 Å². The van der Waals surface area contributed by atoms with Crippen molar-refractivity contribution in [3.63, 3.8) is 0 Å². The summed E-state index contributed by atoms with van der Waals surface area (Å²) in [6, 6.07) is 9.14. The van der Waals surface area contributed by atoms with Crippen LogP contribution in [0.15, 0.2) is 35.5 Å². The van der Waals surface area contributed by atoms with Crippen LogP contribution in [0.4, 0.5) is 0 Å². The van der Waals surface area contributed by atoms with Gasteiger partial charge in [-0.1, -0.05) is 18.2 Å². The molecule has 1 aromatic heterocycles. The summed E-state index contributed by atoms with van der Waals surface area (Å²) in [6.45, 7) is 8.87. The van der Waals surface area contributed by atoms with E-state index in [1.165, 1.54) is 16.8 Å². The molecule has 2 aromatic rings. The molecule has 4 rings (SSSR count). The van der Waals surface area contributed by atoms with Gasteiger partial charge in [-0.3, -0.25) is 9.67 Å². The van der Waals surface area contributed by atoms with Crippen LogP contribution in [0.1, 0.15) is 62.4 Å². The van der Waals surface area contributed by atoms with E-state index in [4.69, 9.17) is 14.8 Å². The summed E-state index contributed by atoms with van der Waals surface area (Å²) in [5.74, 6) is 2.33. The molecule has 2 N–H and O–H groups in total. The Hall–Kier alpha value is -1.77.